The van der Waals surface area contributed by atoms with Crippen LogP contribution < -0.4 is 4.89 Å². The monoisotopic (exact) mass is 758 g/mol. The number of likely N-dealkylation sites (N-methyl/N-ethyl adjacent to an activating group) is 1. The van der Waals surface area contributed by atoms with Crippen LogP contribution in [0.3, 0.4) is 0 Å². The quantitative estimate of drug-likeness (QED) is 0.0201. The largest absolute Gasteiger partial charge is 0.756 e. The number of esters is 2. The average molecular weight is 758 g/mol. The van der Waals surface area contributed by atoms with Gasteiger partial charge in [0.2, 0.25) is 0 Å². The molecule has 0 fully saturated rings. The summed E-state index contributed by atoms with van der Waals surface area (Å²) >= 11 is 0. The zero-order valence-corrected chi connectivity index (χ0v) is 35.2. The highest BCUT2D eigenvalue weighted by Gasteiger charge is 2.21. The van der Waals surface area contributed by atoms with Crippen LogP contribution in [0.25, 0.3) is 0 Å². The number of hydrogen-bond donors (Lipinski definition) is 0. The molecule has 0 saturated heterocycles. The maximum absolute atomic E-state index is 12.6. The zero-order valence-electron chi connectivity index (χ0n) is 34.3. The van der Waals surface area contributed by atoms with Gasteiger partial charge >= 0.3 is 11.9 Å². The molecule has 0 aromatic carbocycles. The van der Waals surface area contributed by atoms with E-state index in [0.717, 1.165) is 44.9 Å². The van der Waals surface area contributed by atoms with Crippen molar-refractivity contribution in [2.45, 2.75) is 187 Å². The number of rotatable bonds is 38. The van der Waals surface area contributed by atoms with E-state index in [0.29, 0.717) is 23.9 Å². The van der Waals surface area contributed by atoms with Crippen LogP contribution in [0.5, 0.6) is 0 Å². The highest BCUT2D eigenvalue weighted by atomic mass is 31.2. The van der Waals surface area contributed by atoms with Crippen LogP contribution in [0, 0.1) is 0 Å². The number of carbonyl (C=O) groups is 2. The lowest BCUT2D eigenvalue weighted by Crippen LogP contribution is -2.37. The predicted octanol–water partition coefficient (Wildman–Crippen LogP) is 10.9. The molecular weight excluding hydrogens is 677 g/mol. The van der Waals surface area contributed by atoms with Gasteiger partial charge in [0.05, 0.1) is 27.7 Å². The summed E-state index contributed by atoms with van der Waals surface area (Å²) in [6, 6.07) is 0. The number of hydrogen-bond acceptors (Lipinski definition) is 8. The van der Waals surface area contributed by atoms with Crippen molar-refractivity contribution >= 4 is 19.8 Å². The molecule has 0 aliphatic rings. The number of phosphoric ester groups is 1. The smallest absolute Gasteiger partial charge is 0.306 e. The highest BCUT2D eigenvalue weighted by molar-refractivity contribution is 7.45. The van der Waals surface area contributed by atoms with Crippen molar-refractivity contribution in [1.82, 2.24) is 0 Å². The molecule has 52 heavy (non-hydrogen) atoms. The van der Waals surface area contributed by atoms with Crippen LogP contribution in [-0.4, -0.2) is 70.0 Å². The van der Waals surface area contributed by atoms with E-state index >= 15 is 0 Å². The van der Waals surface area contributed by atoms with Crippen LogP contribution in [0.4, 0.5) is 0 Å². The van der Waals surface area contributed by atoms with Crippen molar-refractivity contribution in [1.29, 1.82) is 0 Å². The van der Waals surface area contributed by atoms with Gasteiger partial charge in [0.1, 0.15) is 19.8 Å². The maximum Gasteiger partial charge on any atom is 0.306 e. The van der Waals surface area contributed by atoms with Crippen LogP contribution >= 0.6 is 7.82 Å². The molecule has 0 aliphatic carbocycles. The van der Waals surface area contributed by atoms with Gasteiger partial charge in [-0.15, -0.1) is 0 Å². The lowest BCUT2D eigenvalue weighted by molar-refractivity contribution is -0.870. The summed E-state index contributed by atoms with van der Waals surface area (Å²) in [6.45, 7) is 4.17. The van der Waals surface area contributed by atoms with E-state index in [1.165, 1.54) is 96.3 Å². The number of allylic oxidation sites excluding steroid dienone is 4. The lowest BCUT2D eigenvalue weighted by atomic mass is 10.1. The van der Waals surface area contributed by atoms with Crippen LogP contribution in [-0.2, 0) is 32.7 Å². The molecule has 0 saturated carbocycles. The minimum Gasteiger partial charge on any atom is -0.756 e. The van der Waals surface area contributed by atoms with E-state index in [9.17, 15) is 19.0 Å². The third kappa shape index (κ3) is 38.2. The molecule has 0 amide bonds. The van der Waals surface area contributed by atoms with Crippen molar-refractivity contribution in [3.8, 4) is 0 Å². The van der Waals surface area contributed by atoms with Gasteiger partial charge in [-0.25, -0.2) is 0 Å². The minimum atomic E-state index is -4.63. The maximum atomic E-state index is 12.6. The van der Waals surface area contributed by atoms with Gasteiger partial charge in [-0.05, 0) is 64.2 Å². The summed E-state index contributed by atoms with van der Waals surface area (Å²) < 4.78 is 33.8. The van der Waals surface area contributed by atoms with E-state index in [1.807, 2.05) is 21.1 Å². The van der Waals surface area contributed by atoms with Gasteiger partial charge in [-0.3, -0.25) is 14.2 Å². The molecule has 9 nitrogen and oxygen atoms in total. The van der Waals surface area contributed by atoms with Crippen molar-refractivity contribution in [3.05, 3.63) is 24.3 Å². The SMILES string of the molecule is CCCCCCCC/C=C/CCCCCC(=O)OC[C@H](COP(=O)([O-])OCC[N+](C)(C)C)OC(=O)CCCC/C=C/CCCCCCCCCCC. The number of quaternary nitrogens is 1. The first kappa shape index (κ1) is 50.5. The Morgan fingerprint density at radius 1 is 0.577 bits per heavy atom. The van der Waals surface area contributed by atoms with E-state index in [4.69, 9.17) is 18.5 Å². The second-order valence-electron chi connectivity index (χ2n) is 15.3. The number of ether oxygens (including phenoxy) is 2. The summed E-state index contributed by atoms with van der Waals surface area (Å²) in [7, 11) is 1.15. The molecule has 0 heterocycles. The van der Waals surface area contributed by atoms with Crippen LogP contribution in [0.15, 0.2) is 24.3 Å². The second kappa shape index (κ2) is 35.2. The molecule has 0 aliphatic heterocycles. The lowest BCUT2D eigenvalue weighted by Gasteiger charge is -2.28. The Balaban J connectivity index is 4.44. The highest BCUT2D eigenvalue weighted by Crippen LogP contribution is 2.38. The van der Waals surface area contributed by atoms with E-state index in [1.54, 1.807) is 0 Å². The van der Waals surface area contributed by atoms with Crippen LogP contribution in [0.2, 0.25) is 0 Å². The Morgan fingerprint density at radius 3 is 1.46 bits per heavy atom. The Morgan fingerprint density at radius 2 is 0.981 bits per heavy atom. The molecule has 0 rings (SSSR count). The Bertz CT molecular complexity index is 949. The Kier molecular flexibility index (Phi) is 34.2. The number of carbonyl (C=O) groups excluding carboxylic acids is 2. The van der Waals surface area contributed by atoms with E-state index in [2.05, 4.69) is 38.2 Å². The first-order chi connectivity index (χ1) is 25.0. The van der Waals surface area contributed by atoms with E-state index in [-0.39, 0.29) is 26.1 Å². The number of unbranched alkanes of at least 4 members (excludes halogenated alkanes) is 20. The van der Waals surface area contributed by atoms with Crippen molar-refractivity contribution in [2.75, 3.05) is 47.5 Å². The number of phosphoric acid groups is 1. The van der Waals surface area contributed by atoms with Crippen LogP contribution in [0.1, 0.15) is 181 Å². The van der Waals surface area contributed by atoms with Gasteiger partial charge in [0.15, 0.2) is 6.10 Å². The fourth-order valence-electron chi connectivity index (χ4n) is 5.58. The molecule has 0 spiro atoms. The van der Waals surface area contributed by atoms with Crippen molar-refractivity contribution < 1.29 is 42.1 Å². The summed E-state index contributed by atoms with van der Waals surface area (Å²) in [4.78, 5) is 37.4. The third-order valence-electron chi connectivity index (χ3n) is 8.94. The molecule has 306 valence electrons. The molecule has 0 aromatic rings. The molecule has 10 heteroatoms. The van der Waals surface area contributed by atoms with Gasteiger partial charge in [0.25, 0.3) is 7.82 Å². The molecule has 0 N–H and O–H groups in total. The fraction of sp³-hybridized carbons (Fsp3) is 0.857. The normalized spacial score (nSPS) is 13.9. The summed E-state index contributed by atoms with van der Waals surface area (Å²) in [5.74, 6) is -0.877. The Labute approximate surface area is 319 Å². The zero-order chi connectivity index (χ0) is 38.6. The average Bonchev–Trinajstić information content (AvgIpc) is 3.09. The van der Waals surface area contributed by atoms with Gasteiger partial charge < -0.3 is 27.9 Å². The van der Waals surface area contributed by atoms with Gasteiger partial charge in [0, 0.05) is 12.8 Å². The molecule has 0 radical (unpaired) electrons. The summed E-state index contributed by atoms with van der Waals surface area (Å²) in [5, 5.41) is 0. The number of nitrogens with zero attached hydrogens (tertiary/aromatic N) is 1. The summed E-state index contributed by atoms with van der Waals surface area (Å²) in [5.41, 5.74) is 0. The molecule has 1 unspecified atom stereocenters. The second-order valence-corrected chi connectivity index (χ2v) is 16.8. The Hall–Kier alpha value is -1.51. The standard InChI is InChI=1S/C42H80NO8P/c1-6-8-10-12-14-16-18-20-21-23-25-27-29-31-33-35-42(45)51-40(39-50-52(46,47)49-37-36-43(3,4)5)38-48-41(44)34-32-30-28-26-24-22-19-17-15-13-11-9-7-2/h22,24-25,27,40H,6-21,23,26,28-39H2,1-5H3/b24-22+,27-25+/t40-/m1/s1. The van der Waals surface area contributed by atoms with E-state index < -0.39 is 32.5 Å². The summed E-state index contributed by atoms with van der Waals surface area (Å²) in [6.07, 6.45) is 36.3. The molecule has 0 aromatic heterocycles. The minimum absolute atomic E-state index is 0.0354. The van der Waals surface area contributed by atoms with Gasteiger partial charge in [-0.2, -0.15) is 0 Å². The van der Waals surface area contributed by atoms with Crippen molar-refractivity contribution in [3.63, 3.8) is 0 Å². The topological polar surface area (TPSA) is 111 Å². The molecule has 0 bridgehead atoms. The molecular formula is C42H80NO8P. The first-order valence-corrected chi connectivity index (χ1v) is 22.5. The predicted molar refractivity (Wildman–Crippen MR) is 213 cm³/mol. The van der Waals surface area contributed by atoms with Gasteiger partial charge in [-0.1, -0.05) is 128 Å². The fourth-order valence-corrected chi connectivity index (χ4v) is 6.31. The van der Waals surface area contributed by atoms with Crippen molar-refractivity contribution in [2.24, 2.45) is 0 Å². The third-order valence-corrected chi connectivity index (χ3v) is 9.91. The first-order valence-electron chi connectivity index (χ1n) is 21.0. The molecule has 2 atom stereocenters.